The van der Waals surface area contributed by atoms with E-state index >= 15 is 0 Å². The first-order valence-corrected chi connectivity index (χ1v) is 7.35. The number of carboxylic acids is 1. The minimum absolute atomic E-state index is 0.208. The maximum absolute atomic E-state index is 12.0. The first-order chi connectivity index (χ1) is 11.0. The summed E-state index contributed by atoms with van der Waals surface area (Å²) < 4.78 is 5.52. The molecule has 2 rings (SSSR count). The third-order valence-corrected chi connectivity index (χ3v) is 3.42. The van der Waals surface area contributed by atoms with E-state index in [-0.39, 0.29) is 11.5 Å². The maximum Gasteiger partial charge on any atom is 0.335 e. The van der Waals surface area contributed by atoms with Gasteiger partial charge in [0.05, 0.1) is 5.56 Å². The highest BCUT2D eigenvalue weighted by molar-refractivity contribution is 6.30. The van der Waals surface area contributed by atoms with E-state index in [0.29, 0.717) is 17.3 Å². The van der Waals surface area contributed by atoms with Crippen LogP contribution < -0.4 is 10.1 Å². The standard InChI is InChI=1S/C17H16ClNO4/c1-11(23-15-8-6-14(18)7-9-15)16(20)19-10-12-2-4-13(5-3-12)17(21)22/h2-9,11H,10H2,1H3,(H,19,20)(H,21,22). The molecule has 0 bridgehead atoms. The number of benzene rings is 2. The van der Waals surface area contributed by atoms with Crippen LogP contribution in [-0.2, 0) is 11.3 Å². The minimum Gasteiger partial charge on any atom is -0.481 e. The minimum atomic E-state index is -0.981. The number of aromatic carboxylic acids is 1. The fraction of sp³-hybridized carbons (Fsp3) is 0.176. The summed E-state index contributed by atoms with van der Waals surface area (Å²) in [5.74, 6) is -0.685. The highest BCUT2D eigenvalue weighted by Crippen LogP contribution is 2.16. The van der Waals surface area contributed by atoms with Crippen molar-refractivity contribution in [2.45, 2.75) is 19.6 Å². The highest BCUT2D eigenvalue weighted by atomic mass is 35.5. The molecule has 0 aliphatic rings. The molecule has 0 aliphatic carbocycles. The summed E-state index contributed by atoms with van der Waals surface area (Å²) in [6.45, 7) is 1.95. The zero-order chi connectivity index (χ0) is 16.8. The number of rotatable bonds is 6. The normalized spacial score (nSPS) is 11.6. The van der Waals surface area contributed by atoms with Crippen molar-refractivity contribution < 1.29 is 19.4 Å². The summed E-state index contributed by atoms with van der Waals surface area (Å²) in [7, 11) is 0. The lowest BCUT2D eigenvalue weighted by Gasteiger charge is -2.14. The SMILES string of the molecule is CC(Oc1ccc(Cl)cc1)C(=O)NCc1ccc(C(=O)O)cc1. The molecule has 0 fully saturated rings. The first kappa shape index (κ1) is 16.8. The first-order valence-electron chi connectivity index (χ1n) is 6.98. The van der Waals surface area contributed by atoms with Crippen LogP contribution in [-0.4, -0.2) is 23.1 Å². The van der Waals surface area contributed by atoms with Gasteiger partial charge in [-0.2, -0.15) is 0 Å². The van der Waals surface area contributed by atoms with E-state index in [1.54, 1.807) is 43.3 Å². The maximum atomic E-state index is 12.0. The lowest BCUT2D eigenvalue weighted by atomic mass is 10.1. The van der Waals surface area contributed by atoms with Crippen LogP contribution in [0.5, 0.6) is 5.75 Å². The van der Waals surface area contributed by atoms with E-state index in [2.05, 4.69) is 5.32 Å². The van der Waals surface area contributed by atoms with Gasteiger partial charge in [0.25, 0.3) is 5.91 Å². The summed E-state index contributed by atoms with van der Waals surface area (Å²) in [5, 5.41) is 12.2. The fourth-order valence-corrected chi connectivity index (χ4v) is 1.99. The number of ether oxygens (including phenoxy) is 1. The molecular weight excluding hydrogens is 318 g/mol. The Labute approximate surface area is 138 Å². The molecule has 0 aromatic heterocycles. The monoisotopic (exact) mass is 333 g/mol. The number of carboxylic acid groups (broad SMARTS) is 1. The zero-order valence-electron chi connectivity index (χ0n) is 12.5. The highest BCUT2D eigenvalue weighted by Gasteiger charge is 2.14. The average molecular weight is 334 g/mol. The number of halogens is 1. The Balaban J connectivity index is 1.86. The third-order valence-electron chi connectivity index (χ3n) is 3.16. The second-order valence-electron chi connectivity index (χ2n) is 4.93. The van der Waals surface area contributed by atoms with Gasteiger partial charge in [0.2, 0.25) is 0 Å². The van der Waals surface area contributed by atoms with Crippen molar-refractivity contribution in [3.05, 3.63) is 64.7 Å². The van der Waals surface area contributed by atoms with Crippen molar-refractivity contribution in [2.75, 3.05) is 0 Å². The number of carbonyl (C=O) groups is 2. The number of nitrogens with one attached hydrogen (secondary N) is 1. The largest absolute Gasteiger partial charge is 0.481 e. The lowest BCUT2D eigenvalue weighted by molar-refractivity contribution is -0.127. The molecule has 1 atom stereocenters. The van der Waals surface area contributed by atoms with Crippen LogP contribution in [0.2, 0.25) is 5.02 Å². The quantitative estimate of drug-likeness (QED) is 0.851. The Morgan fingerprint density at radius 2 is 1.74 bits per heavy atom. The van der Waals surface area contributed by atoms with Crippen molar-refractivity contribution >= 4 is 23.5 Å². The summed E-state index contributed by atoms with van der Waals surface area (Å²) in [5.41, 5.74) is 1.02. The molecule has 23 heavy (non-hydrogen) atoms. The van der Waals surface area contributed by atoms with Crippen LogP contribution in [0.4, 0.5) is 0 Å². The second-order valence-corrected chi connectivity index (χ2v) is 5.37. The summed E-state index contributed by atoms with van der Waals surface area (Å²) in [4.78, 5) is 22.8. The Bertz CT molecular complexity index is 683. The Kier molecular flexibility index (Phi) is 5.60. The van der Waals surface area contributed by atoms with E-state index < -0.39 is 12.1 Å². The molecule has 2 N–H and O–H groups in total. The van der Waals surface area contributed by atoms with Crippen molar-refractivity contribution in [3.63, 3.8) is 0 Å². The average Bonchev–Trinajstić information content (AvgIpc) is 2.55. The smallest absolute Gasteiger partial charge is 0.335 e. The number of hydrogen-bond donors (Lipinski definition) is 2. The van der Waals surface area contributed by atoms with Crippen LogP contribution in [0.3, 0.4) is 0 Å². The van der Waals surface area contributed by atoms with Crippen LogP contribution in [0, 0.1) is 0 Å². The van der Waals surface area contributed by atoms with E-state index in [1.165, 1.54) is 12.1 Å². The molecule has 1 unspecified atom stereocenters. The van der Waals surface area contributed by atoms with Gasteiger partial charge >= 0.3 is 5.97 Å². The number of carbonyl (C=O) groups excluding carboxylic acids is 1. The fourth-order valence-electron chi connectivity index (χ4n) is 1.87. The van der Waals surface area contributed by atoms with Gasteiger partial charge in [0.15, 0.2) is 6.10 Å². The molecule has 120 valence electrons. The lowest BCUT2D eigenvalue weighted by Crippen LogP contribution is -2.35. The molecule has 2 aromatic rings. The molecule has 5 nitrogen and oxygen atoms in total. The molecule has 1 amide bonds. The number of amides is 1. The molecule has 0 spiro atoms. The molecule has 0 saturated carbocycles. The van der Waals surface area contributed by atoms with Gasteiger partial charge in [-0.15, -0.1) is 0 Å². The van der Waals surface area contributed by atoms with Crippen LogP contribution >= 0.6 is 11.6 Å². The molecule has 0 heterocycles. The molecule has 2 aromatic carbocycles. The molecule has 0 radical (unpaired) electrons. The van der Waals surface area contributed by atoms with Gasteiger partial charge < -0.3 is 15.2 Å². The van der Waals surface area contributed by atoms with Crippen molar-refractivity contribution in [1.82, 2.24) is 5.32 Å². The van der Waals surface area contributed by atoms with Crippen molar-refractivity contribution in [1.29, 1.82) is 0 Å². The van der Waals surface area contributed by atoms with Gasteiger partial charge in [-0.25, -0.2) is 4.79 Å². The summed E-state index contributed by atoms with van der Waals surface area (Å²) in [6, 6.07) is 13.1. The Hall–Kier alpha value is -2.53. The topological polar surface area (TPSA) is 75.6 Å². The van der Waals surface area contributed by atoms with Gasteiger partial charge in [0.1, 0.15) is 5.75 Å². The number of hydrogen-bond acceptors (Lipinski definition) is 3. The third kappa shape index (κ3) is 5.00. The van der Waals surface area contributed by atoms with Crippen molar-refractivity contribution in [3.8, 4) is 5.75 Å². The van der Waals surface area contributed by atoms with Gasteiger partial charge in [-0.1, -0.05) is 23.7 Å². The molecule has 0 aliphatic heterocycles. The van der Waals surface area contributed by atoms with Crippen LogP contribution in [0.1, 0.15) is 22.8 Å². The molecule has 6 heteroatoms. The van der Waals surface area contributed by atoms with Crippen LogP contribution in [0.25, 0.3) is 0 Å². The van der Waals surface area contributed by atoms with Gasteiger partial charge in [0, 0.05) is 11.6 Å². The summed E-state index contributed by atoms with van der Waals surface area (Å²) in [6.07, 6.45) is -0.658. The van der Waals surface area contributed by atoms with E-state index in [9.17, 15) is 9.59 Å². The van der Waals surface area contributed by atoms with Gasteiger partial charge in [-0.3, -0.25) is 4.79 Å². The van der Waals surface area contributed by atoms with Crippen molar-refractivity contribution in [2.24, 2.45) is 0 Å². The molecule has 0 saturated heterocycles. The Morgan fingerprint density at radius 1 is 1.13 bits per heavy atom. The predicted octanol–water partition coefficient (Wildman–Crippen LogP) is 3.12. The zero-order valence-corrected chi connectivity index (χ0v) is 13.2. The Morgan fingerprint density at radius 3 is 2.30 bits per heavy atom. The predicted molar refractivity (Wildman–Crippen MR) is 86.8 cm³/mol. The summed E-state index contributed by atoms with van der Waals surface area (Å²) >= 11 is 5.79. The van der Waals surface area contributed by atoms with E-state index in [0.717, 1.165) is 5.56 Å². The second kappa shape index (κ2) is 7.65. The van der Waals surface area contributed by atoms with E-state index in [1.807, 2.05) is 0 Å². The molecular formula is C17H16ClNO4. The van der Waals surface area contributed by atoms with Crippen LogP contribution in [0.15, 0.2) is 48.5 Å². The van der Waals surface area contributed by atoms with E-state index in [4.69, 9.17) is 21.4 Å². The van der Waals surface area contributed by atoms with Gasteiger partial charge in [-0.05, 0) is 48.9 Å².